The lowest BCUT2D eigenvalue weighted by Crippen LogP contribution is -2.63. The summed E-state index contributed by atoms with van der Waals surface area (Å²) in [5.74, 6) is 0.918. The summed E-state index contributed by atoms with van der Waals surface area (Å²) in [6.45, 7) is 9.39. The molecule has 0 bridgehead atoms. The van der Waals surface area contributed by atoms with Crippen molar-refractivity contribution in [3.05, 3.63) is 59.2 Å². The maximum absolute atomic E-state index is 13.7. The molecule has 2 aromatic carbocycles. The lowest BCUT2D eigenvalue weighted by Gasteiger charge is -2.47. The molecule has 0 saturated carbocycles. The summed E-state index contributed by atoms with van der Waals surface area (Å²) in [5, 5.41) is 15.4. The van der Waals surface area contributed by atoms with Gasteiger partial charge in [0, 0.05) is 40.7 Å². The van der Waals surface area contributed by atoms with Gasteiger partial charge in [0.15, 0.2) is 5.96 Å². The van der Waals surface area contributed by atoms with Gasteiger partial charge in [-0.2, -0.15) is 0 Å². The van der Waals surface area contributed by atoms with Gasteiger partial charge in [-0.3, -0.25) is 19.9 Å². The van der Waals surface area contributed by atoms with Crippen LogP contribution in [0, 0.1) is 16.7 Å². The van der Waals surface area contributed by atoms with Crippen LogP contribution in [0.4, 0.5) is 0 Å². The highest BCUT2D eigenvalue weighted by Crippen LogP contribution is 2.44. The average molecular weight is 549 g/mol. The summed E-state index contributed by atoms with van der Waals surface area (Å²) in [6, 6.07) is 12.4. The molecule has 0 aromatic heterocycles. The number of carbonyl (C=O) groups is 2. The van der Waals surface area contributed by atoms with E-state index in [2.05, 4.69) is 24.5 Å². The summed E-state index contributed by atoms with van der Waals surface area (Å²) in [4.78, 5) is 28.9. The van der Waals surface area contributed by atoms with Crippen molar-refractivity contribution >= 4 is 17.8 Å². The van der Waals surface area contributed by atoms with Gasteiger partial charge in [-0.15, -0.1) is 0 Å². The van der Waals surface area contributed by atoms with Crippen LogP contribution in [0.15, 0.2) is 42.5 Å². The number of amides is 2. The molecule has 3 atom stereocenters. The second-order valence-electron chi connectivity index (χ2n) is 11.8. The van der Waals surface area contributed by atoms with Gasteiger partial charge >= 0.3 is 0 Å². The Hall–Kier alpha value is -3.59. The molecule has 0 radical (unpaired) electrons. The molecule has 0 unspecified atom stereocenters. The van der Waals surface area contributed by atoms with Gasteiger partial charge in [-0.05, 0) is 37.1 Å². The second kappa shape index (κ2) is 10.8. The number of hydrogen-bond acceptors (Lipinski definition) is 6. The molecule has 2 aromatic rings. The van der Waals surface area contributed by atoms with Crippen molar-refractivity contribution in [1.29, 1.82) is 5.41 Å². The summed E-state index contributed by atoms with van der Waals surface area (Å²) in [7, 11) is 1.62. The number of nitrogens with zero attached hydrogens (tertiary/aromatic N) is 1. The van der Waals surface area contributed by atoms with E-state index >= 15 is 0 Å². The molecule has 1 saturated heterocycles. The molecule has 3 N–H and O–H groups in total. The fraction of sp³-hybridized carbons (Fsp3) is 0.516. The number of ether oxygens (including phenoxy) is 3. The minimum Gasteiger partial charge on any atom is -0.493 e. The highest BCUT2D eigenvalue weighted by molar-refractivity contribution is 6.00. The van der Waals surface area contributed by atoms with Crippen LogP contribution < -0.4 is 20.1 Å². The van der Waals surface area contributed by atoms with Crippen LogP contribution in [0.2, 0.25) is 0 Å². The van der Waals surface area contributed by atoms with Gasteiger partial charge in [0.2, 0.25) is 5.91 Å². The summed E-state index contributed by atoms with van der Waals surface area (Å²) in [5.41, 5.74) is 1.36. The predicted octanol–water partition coefficient (Wildman–Crippen LogP) is 4.59. The van der Waals surface area contributed by atoms with Crippen LogP contribution in [0.5, 0.6) is 11.5 Å². The van der Waals surface area contributed by atoms with Gasteiger partial charge < -0.3 is 24.8 Å². The van der Waals surface area contributed by atoms with E-state index in [-0.39, 0.29) is 35.1 Å². The Balaban J connectivity index is 1.48. The van der Waals surface area contributed by atoms with Crippen LogP contribution in [0.3, 0.4) is 0 Å². The van der Waals surface area contributed by atoms with Gasteiger partial charge in [0.1, 0.15) is 11.5 Å². The van der Waals surface area contributed by atoms with Gasteiger partial charge in [0.25, 0.3) is 5.91 Å². The van der Waals surface area contributed by atoms with Crippen molar-refractivity contribution in [2.75, 3.05) is 26.9 Å². The lowest BCUT2D eigenvalue weighted by molar-refractivity contribution is -0.134. The molecular formula is C31H40N4O5. The largest absolute Gasteiger partial charge is 0.493 e. The van der Waals surface area contributed by atoms with E-state index < -0.39 is 11.6 Å². The number of fused-ring (bicyclic) bond motifs is 2. The molecule has 0 aliphatic carbocycles. The van der Waals surface area contributed by atoms with Crippen molar-refractivity contribution in [1.82, 2.24) is 15.5 Å². The molecule has 5 rings (SSSR count). The van der Waals surface area contributed by atoms with Crippen molar-refractivity contribution < 1.29 is 23.8 Å². The number of hydrogen-bond donors (Lipinski definition) is 3. The zero-order valence-corrected chi connectivity index (χ0v) is 24.0. The van der Waals surface area contributed by atoms with Gasteiger partial charge in [-0.1, -0.05) is 45.9 Å². The minimum absolute atomic E-state index is 0.0781. The quantitative estimate of drug-likeness (QED) is 0.467. The van der Waals surface area contributed by atoms with Gasteiger partial charge in [0.05, 0.1) is 38.3 Å². The number of para-hydroxylation sites is 1. The number of carbonyl (C=O) groups excluding carboxylic acids is 2. The molecule has 2 amide bonds. The van der Waals surface area contributed by atoms with E-state index in [0.29, 0.717) is 43.1 Å². The number of nitrogens with one attached hydrogen (secondary N) is 3. The molecule has 9 nitrogen and oxygen atoms in total. The van der Waals surface area contributed by atoms with E-state index in [4.69, 9.17) is 19.6 Å². The first kappa shape index (κ1) is 28.0. The first-order valence-electron chi connectivity index (χ1n) is 14.1. The Morgan fingerprint density at radius 2 is 1.85 bits per heavy atom. The Morgan fingerprint density at radius 3 is 2.55 bits per heavy atom. The topological polar surface area (TPSA) is 113 Å². The molecule has 0 spiro atoms. The maximum Gasteiger partial charge on any atom is 0.251 e. The Labute approximate surface area is 236 Å². The average Bonchev–Trinajstić information content (AvgIpc) is 2.94. The van der Waals surface area contributed by atoms with E-state index in [1.54, 1.807) is 25.3 Å². The van der Waals surface area contributed by atoms with Crippen LogP contribution >= 0.6 is 0 Å². The van der Waals surface area contributed by atoms with E-state index in [1.165, 1.54) is 4.90 Å². The molecule has 9 heteroatoms. The molecule has 3 aliphatic heterocycles. The van der Waals surface area contributed by atoms with Crippen LogP contribution in [-0.2, 0) is 9.53 Å². The first-order chi connectivity index (χ1) is 19.1. The van der Waals surface area contributed by atoms with Gasteiger partial charge in [-0.25, -0.2) is 0 Å². The zero-order valence-electron chi connectivity index (χ0n) is 24.0. The fourth-order valence-corrected chi connectivity index (χ4v) is 6.23. The third kappa shape index (κ3) is 4.91. The van der Waals surface area contributed by atoms with E-state index in [0.717, 1.165) is 24.2 Å². The summed E-state index contributed by atoms with van der Waals surface area (Å²) in [6.07, 6.45) is 1.79. The number of guanidine groups is 1. The van der Waals surface area contributed by atoms with Crippen LogP contribution in [-0.4, -0.2) is 55.1 Å². The molecule has 214 valence electrons. The molecule has 40 heavy (non-hydrogen) atoms. The number of rotatable bonds is 7. The smallest absolute Gasteiger partial charge is 0.251 e. The second-order valence-corrected chi connectivity index (χ2v) is 11.8. The standard InChI is InChI=1S/C31H40N4O5/c1-6-31(7-2)15-25(36)35(29(32)34-31)26-20(16-38-5)17-39-24-13-12-19(14-22(24)26)28(37)33-27-21-10-8-9-11-23(21)40-18-30(27,3)4/h8-14,20,26-27H,6-7,15-18H2,1-5H3,(H2,32,34)(H,33,37)/t20-,26-,27-/m1/s1. The molecular weight excluding hydrogens is 508 g/mol. The summed E-state index contributed by atoms with van der Waals surface area (Å²) >= 11 is 0. The minimum atomic E-state index is -0.504. The molecule has 1 fully saturated rings. The predicted molar refractivity (Wildman–Crippen MR) is 152 cm³/mol. The highest BCUT2D eigenvalue weighted by atomic mass is 16.5. The van der Waals surface area contributed by atoms with Crippen molar-refractivity contribution in [3.8, 4) is 11.5 Å². The fourth-order valence-electron chi connectivity index (χ4n) is 6.23. The van der Waals surface area contributed by atoms with Crippen molar-refractivity contribution in [2.45, 2.75) is 64.6 Å². The van der Waals surface area contributed by atoms with Crippen LogP contribution in [0.25, 0.3) is 0 Å². The van der Waals surface area contributed by atoms with E-state index in [1.807, 2.05) is 38.1 Å². The Morgan fingerprint density at radius 1 is 1.12 bits per heavy atom. The first-order valence-corrected chi connectivity index (χ1v) is 14.1. The zero-order chi connectivity index (χ0) is 28.7. The Bertz CT molecular complexity index is 1280. The van der Waals surface area contributed by atoms with Crippen molar-refractivity contribution in [3.63, 3.8) is 0 Å². The SMILES string of the molecule is CCC1(CC)CC(=O)N([C@H]2c3cc(C(=O)N[C@@H]4c5ccccc5OCC4(C)C)ccc3OC[C@H]2COC)C(=N)N1. The third-order valence-electron chi connectivity index (χ3n) is 8.77. The van der Waals surface area contributed by atoms with E-state index in [9.17, 15) is 9.59 Å². The number of benzene rings is 2. The maximum atomic E-state index is 13.7. The van der Waals surface area contributed by atoms with Crippen molar-refractivity contribution in [2.24, 2.45) is 11.3 Å². The summed E-state index contributed by atoms with van der Waals surface area (Å²) < 4.78 is 17.5. The van der Waals surface area contributed by atoms with Crippen LogP contribution in [0.1, 0.15) is 80.5 Å². The number of methoxy groups -OCH3 is 1. The lowest BCUT2D eigenvalue weighted by atomic mass is 9.79. The molecule has 3 aliphatic rings. The highest BCUT2D eigenvalue weighted by Gasteiger charge is 2.46. The monoisotopic (exact) mass is 548 g/mol. The molecule has 3 heterocycles. The third-order valence-corrected chi connectivity index (χ3v) is 8.77. The normalized spacial score (nSPS) is 24.6. The Kier molecular flexibility index (Phi) is 7.52.